The van der Waals surface area contributed by atoms with E-state index in [1.807, 2.05) is 73.4 Å². The molecule has 44 heavy (non-hydrogen) atoms. The number of hydrogen-bond donors (Lipinski definition) is 2. The van der Waals surface area contributed by atoms with Crippen LogP contribution >= 0.6 is 22.6 Å². The van der Waals surface area contributed by atoms with Crippen molar-refractivity contribution in [1.82, 2.24) is 4.90 Å². The molecule has 2 N–H and O–H groups in total. The lowest BCUT2D eigenvalue weighted by Gasteiger charge is -2.32. The van der Waals surface area contributed by atoms with Gasteiger partial charge in [0.1, 0.15) is 0 Å². The molecule has 0 saturated carbocycles. The number of benzene rings is 2. The number of amides is 2. The first-order chi connectivity index (χ1) is 20.8. The van der Waals surface area contributed by atoms with Gasteiger partial charge in [-0.05, 0) is 93.1 Å². The predicted octanol–water partition coefficient (Wildman–Crippen LogP) is 6.54. The molecule has 9 heteroatoms. The number of anilines is 1. The molecule has 0 bridgehead atoms. The van der Waals surface area contributed by atoms with Crippen LogP contribution in [0.2, 0.25) is 18.6 Å². The number of allylic oxidation sites excluding steroid dienone is 3. The first-order valence-electron chi connectivity index (χ1n) is 15.5. The number of aliphatic hydroxyl groups is 1. The second kappa shape index (κ2) is 14.4. The monoisotopic (exact) mass is 730 g/mol. The lowest BCUT2D eigenvalue weighted by Crippen LogP contribution is -2.46. The molecule has 1 spiro atoms. The molecule has 4 rings (SSSR count). The summed E-state index contributed by atoms with van der Waals surface area (Å²) in [6.07, 6.45) is 5.62. The van der Waals surface area contributed by atoms with Crippen LogP contribution in [0.15, 0.2) is 71.8 Å². The summed E-state index contributed by atoms with van der Waals surface area (Å²) in [5, 5.41) is 9.76. The number of halogens is 1. The standard InChI is InChI=1S/C35H47IN2O5Si/c1-24(2)11-10-12-25(3)17-18-38-30-16-15-28(36)21-29(30)35(34(38)41)26(4)33(44(5,6)42)31(43-35)22-32(40)37(19-20-39)23-27-13-8-7-9-14-27/h7-9,11,13-17,21,26,31,33,39,42H,10,12,18-20,22-23H2,1-6H3/b25-17+/t26-,31+,33-,35+/m0/s1. The van der Waals surface area contributed by atoms with Crippen molar-refractivity contribution in [3.8, 4) is 0 Å². The quantitative estimate of drug-likeness (QED) is 0.147. The third-order valence-electron chi connectivity index (χ3n) is 8.97. The van der Waals surface area contributed by atoms with E-state index >= 15 is 0 Å². The van der Waals surface area contributed by atoms with Gasteiger partial charge in [-0.2, -0.15) is 0 Å². The van der Waals surface area contributed by atoms with Crippen molar-refractivity contribution in [2.75, 3.05) is 24.6 Å². The van der Waals surface area contributed by atoms with Gasteiger partial charge in [0, 0.05) is 40.2 Å². The molecule has 7 nitrogen and oxygen atoms in total. The molecular formula is C35H47IN2O5Si. The van der Waals surface area contributed by atoms with E-state index in [4.69, 9.17) is 4.74 Å². The zero-order valence-corrected chi connectivity index (χ0v) is 30.0. The second-order valence-electron chi connectivity index (χ2n) is 13.0. The van der Waals surface area contributed by atoms with Gasteiger partial charge in [-0.25, -0.2) is 0 Å². The number of hydrogen-bond acceptors (Lipinski definition) is 5. The average Bonchev–Trinajstić information content (AvgIpc) is 3.37. The van der Waals surface area contributed by atoms with E-state index in [1.54, 1.807) is 4.90 Å². The Morgan fingerprint density at radius 1 is 1.14 bits per heavy atom. The fourth-order valence-electron chi connectivity index (χ4n) is 6.89. The number of carbonyl (C=O) groups is 2. The van der Waals surface area contributed by atoms with Crippen molar-refractivity contribution < 1.29 is 24.2 Å². The van der Waals surface area contributed by atoms with Gasteiger partial charge in [0.15, 0.2) is 13.9 Å². The third kappa shape index (κ3) is 7.38. The minimum absolute atomic E-state index is 0.0243. The normalized spacial score (nSPS) is 23.3. The summed E-state index contributed by atoms with van der Waals surface area (Å²) in [5.74, 6) is -0.643. The molecule has 2 aliphatic heterocycles. The maximum Gasteiger partial charge on any atom is 0.264 e. The number of nitrogens with zero attached hydrogens (tertiary/aromatic N) is 2. The molecule has 2 heterocycles. The summed E-state index contributed by atoms with van der Waals surface area (Å²) < 4.78 is 7.87. The van der Waals surface area contributed by atoms with Gasteiger partial charge in [-0.3, -0.25) is 9.59 Å². The van der Waals surface area contributed by atoms with Crippen LogP contribution in [-0.4, -0.2) is 60.7 Å². The maximum atomic E-state index is 14.6. The Morgan fingerprint density at radius 3 is 2.48 bits per heavy atom. The summed E-state index contributed by atoms with van der Waals surface area (Å²) in [6.45, 7) is 12.9. The Hall–Kier alpha value is -2.31. The molecule has 2 amide bonds. The van der Waals surface area contributed by atoms with E-state index < -0.39 is 20.0 Å². The Labute approximate surface area is 277 Å². The number of ether oxygens (including phenoxy) is 1. The predicted molar refractivity (Wildman–Crippen MR) is 187 cm³/mol. The lowest BCUT2D eigenvalue weighted by molar-refractivity contribution is -0.149. The molecule has 4 atom stereocenters. The molecule has 0 aliphatic carbocycles. The molecule has 0 aromatic heterocycles. The highest BCUT2D eigenvalue weighted by Gasteiger charge is 2.66. The first-order valence-corrected chi connectivity index (χ1v) is 19.6. The van der Waals surface area contributed by atoms with Gasteiger partial charge < -0.3 is 24.4 Å². The fraction of sp³-hybridized carbons (Fsp3) is 0.486. The van der Waals surface area contributed by atoms with Gasteiger partial charge >= 0.3 is 0 Å². The van der Waals surface area contributed by atoms with Crippen LogP contribution in [0.3, 0.4) is 0 Å². The second-order valence-corrected chi connectivity index (χ2v) is 18.3. The van der Waals surface area contributed by atoms with Crippen LogP contribution in [0.4, 0.5) is 5.69 Å². The summed E-state index contributed by atoms with van der Waals surface area (Å²) in [6, 6.07) is 15.7. The third-order valence-corrected chi connectivity index (χ3v) is 12.1. The molecule has 1 fully saturated rings. The summed E-state index contributed by atoms with van der Waals surface area (Å²) in [5.41, 5.74) is 3.48. The Kier molecular flexibility index (Phi) is 11.3. The minimum Gasteiger partial charge on any atom is -0.432 e. The van der Waals surface area contributed by atoms with Crippen LogP contribution in [0.25, 0.3) is 0 Å². The van der Waals surface area contributed by atoms with Gasteiger partial charge in [0.2, 0.25) is 5.91 Å². The van der Waals surface area contributed by atoms with E-state index in [-0.39, 0.29) is 42.8 Å². The van der Waals surface area contributed by atoms with Crippen LogP contribution in [-0.2, 0) is 26.5 Å². The Bertz CT molecular complexity index is 1400. The van der Waals surface area contributed by atoms with Crippen LogP contribution in [0.1, 0.15) is 58.1 Å². The van der Waals surface area contributed by atoms with Crippen LogP contribution in [0.5, 0.6) is 0 Å². The Morgan fingerprint density at radius 2 is 1.84 bits per heavy atom. The zero-order chi connectivity index (χ0) is 32.2. The molecular weight excluding hydrogens is 683 g/mol. The van der Waals surface area contributed by atoms with E-state index in [2.05, 4.69) is 55.5 Å². The molecule has 0 radical (unpaired) electrons. The first kappa shape index (κ1) is 34.6. The highest BCUT2D eigenvalue weighted by Crippen LogP contribution is 2.59. The highest BCUT2D eigenvalue weighted by molar-refractivity contribution is 14.1. The molecule has 1 saturated heterocycles. The maximum absolute atomic E-state index is 14.6. The van der Waals surface area contributed by atoms with E-state index in [0.29, 0.717) is 13.1 Å². The van der Waals surface area contributed by atoms with Crippen molar-refractivity contribution in [1.29, 1.82) is 0 Å². The van der Waals surface area contributed by atoms with Crippen LogP contribution < -0.4 is 4.90 Å². The molecule has 2 aliphatic rings. The van der Waals surface area contributed by atoms with E-state index in [0.717, 1.165) is 33.2 Å². The van der Waals surface area contributed by atoms with Crippen molar-refractivity contribution in [3.63, 3.8) is 0 Å². The fourth-order valence-corrected chi connectivity index (χ4v) is 9.93. The largest absolute Gasteiger partial charge is 0.432 e. The molecule has 2 aromatic carbocycles. The van der Waals surface area contributed by atoms with E-state index in [9.17, 15) is 19.5 Å². The van der Waals surface area contributed by atoms with Crippen molar-refractivity contribution >= 4 is 48.4 Å². The smallest absolute Gasteiger partial charge is 0.264 e. The van der Waals surface area contributed by atoms with Gasteiger partial charge in [0.05, 0.1) is 24.8 Å². The zero-order valence-electron chi connectivity index (χ0n) is 26.8. The lowest BCUT2D eigenvalue weighted by atomic mass is 9.82. The summed E-state index contributed by atoms with van der Waals surface area (Å²) >= 11 is 2.26. The minimum atomic E-state index is -2.92. The summed E-state index contributed by atoms with van der Waals surface area (Å²) in [4.78, 5) is 43.4. The summed E-state index contributed by atoms with van der Waals surface area (Å²) in [7, 11) is -2.92. The SMILES string of the molecule is CC(C)=CCC/C(C)=C/CN1C(=O)[C@]2(O[C@H](CC(=O)N(CCO)Cc3ccccc3)[C@@H]([Si](C)(C)O)[C@@H]2C)c2cc(I)ccc21. The van der Waals surface area contributed by atoms with Crippen molar-refractivity contribution in [3.05, 3.63) is 86.5 Å². The molecule has 0 unspecified atom stereocenters. The highest BCUT2D eigenvalue weighted by atomic mass is 127. The van der Waals surface area contributed by atoms with Crippen molar-refractivity contribution in [2.45, 2.75) is 83.8 Å². The molecule has 2 aromatic rings. The van der Waals surface area contributed by atoms with Gasteiger partial charge in [0.25, 0.3) is 5.91 Å². The van der Waals surface area contributed by atoms with Crippen molar-refractivity contribution in [2.24, 2.45) is 5.92 Å². The number of rotatable bonds is 12. The number of aliphatic hydroxyl groups excluding tert-OH is 1. The van der Waals surface area contributed by atoms with E-state index in [1.165, 1.54) is 11.1 Å². The number of fused-ring (bicyclic) bond motifs is 2. The number of carbonyl (C=O) groups excluding carboxylic acids is 2. The van der Waals surface area contributed by atoms with Crippen LogP contribution in [0, 0.1) is 9.49 Å². The average molecular weight is 731 g/mol. The van der Waals surface area contributed by atoms with Gasteiger partial charge in [-0.15, -0.1) is 0 Å². The topological polar surface area (TPSA) is 90.3 Å². The van der Waals surface area contributed by atoms with Gasteiger partial charge in [-0.1, -0.05) is 60.6 Å². The Balaban J connectivity index is 1.66. The molecule has 238 valence electrons.